The number of hydrogen-bond donors (Lipinski definition) is 1. The van der Waals surface area contributed by atoms with Gasteiger partial charge in [0.25, 0.3) is 5.91 Å². The first kappa shape index (κ1) is 15.2. The molecular formula is C14H9ClF3NO2. The van der Waals surface area contributed by atoms with Gasteiger partial charge in [0.05, 0.1) is 5.02 Å². The summed E-state index contributed by atoms with van der Waals surface area (Å²) in [5.74, 6) is -3.02. The standard InChI is InChI=1S/C14H9ClF3NO2/c15-9-6-8(4-5-10(9)16)21-7-13(20)19-14-11(17)2-1-3-12(14)18/h1-6H,7H2,(H,19,20). The van der Waals surface area contributed by atoms with Crippen LogP contribution in [0, 0.1) is 17.5 Å². The minimum absolute atomic E-state index is 0.158. The fourth-order valence-electron chi connectivity index (χ4n) is 1.51. The van der Waals surface area contributed by atoms with Gasteiger partial charge in [-0.05, 0) is 24.3 Å². The van der Waals surface area contributed by atoms with Crippen molar-refractivity contribution in [2.75, 3.05) is 11.9 Å². The van der Waals surface area contributed by atoms with Gasteiger partial charge in [0, 0.05) is 6.07 Å². The first-order valence-corrected chi connectivity index (χ1v) is 6.17. The molecule has 2 aromatic carbocycles. The Bertz CT molecular complexity index is 659. The summed E-state index contributed by atoms with van der Waals surface area (Å²) < 4.78 is 44.6. The lowest BCUT2D eigenvalue weighted by Gasteiger charge is -2.09. The molecule has 2 rings (SSSR count). The van der Waals surface area contributed by atoms with Crippen LogP contribution in [0.3, 0.4) is 0 Å². The van der Waals surface area contributed by atoms with Gasteiger partial charge in [0.2, 0.25) is 0 Å². The van der Waals surface area contributed by atoms with Crippen LogP contribution in [0.15, 0.2) is 36.4 Å². The lowest BCUT2D eigenvalue weighted by atomic mass is 10.3. The molecule has 0 aliphatic rings. The van der Waals surface area contributed by atoms with Crippen molar-refractivity contribution in [2.45, 2.75) is 0 Å². The molecule has 21 heavy (non-hydrogen) atoms. The zero-order valence-corrected chi connectivity index (χ0v) is 11.3. The number of ether oxygens (including phenoxy) is 1. The Labute approximate surface area is 123 Å². The molecular weight excluding hydrogens is 307 g/mol. The van der Waals surface area contributed by atoms with Crippen molar-refractivity contribution in [3.05, 3.63) is 58.9 Å². The second-order valence-electron chi connectivity index (χ2n) is 4.01. The van der Waals surface area contributed by atoms with Crippen molar-refractivity contribution in [3.63, 3.8) is 0 Å². The maximum absolute atomic E-state index is 13.3. The fraction of sp³-hybridized carbons (Fsp3) is 0.0714. The van der Waals surface area contributed by atoms with Gasteiger partial charge in [-0.2, -0.15) is 0 Å². The normalized spacial score (nSPS) is 10.3. The molecule has 0 aliphatic carbocycles. The lowest BCUT2D eigenvalue weighted by Crippen LogP contribution is -2.21. The van der Waals surface area contributed by atoms with Crippen LogP contribution < -0.4 is 10.1 Å². The summed E-state index contributed by atoms with van der Waals surface area (Å²) in [4.78, 5) is 11.6. The molecule has 0 aromatic heterocycles. The summed E-state index contributed by atoms with van der Waals surface area (Å²) in [7, 11) is 0. The van der Waals surface area contributed by atoms with Gasteiger partial charge in [-0.1, -0.05) is 17.7 Å². The van der Waals surface area contributed by atoms with E-state index in [9.17, 15) is 18.0 Å². The number of carbonyl (C=O) groups is 1. The highest BCUT2D eigenvalue weighted by atomic mass is 35.5. The van der Waals surface area contributed by atoms with Crippen molar-refractivity contribution in [2.24, 2.45) is 0 Å². The van der Waals surface area contributed by atoms with Crippen LogP contribution in [0.2, 0.25) is 5.02 Å². The number of carbonyl (C=O) groups excluding carboxylic acids is 1. The number of anilines is 1. The number of para-hydroxylation sites is 1. The maximum Gasteiger partial charge on any atom is 0.262 e. The van der Waals surface area contributed by atoms with Crippen LogP contribution in [-0.2, 0) is 4.79 Å². The smallest absolute Gasteiger partial charge is 0.262 e. The maximum atomic E-state index is 13.3. The minimum atomic E-state index is -0.895. The Morgan fingerprint density at radius 2 is 1.76 bits per heavy atom. The highest BCUT2D eigenvalue weighted by Crippen LogP contribution is 2.21. The van der Waals surface area contributed by atoms with Crippen LogP contribution in [0.25, 0.3) is 0 Å². The lowest BCUT2D eigenvalue weighted by molar-refractivity contribution is -0.118. The van der Waals surface area contributed by atoms with Gasteiger partial charge in [0.15, 0.2) is 6.61 Å². The SMILES string of the molecule is O=C(COc1ccc(F)c(Cl)c1)Nc1c(F)cccc1F. The van der Waals surface area contributed by atoms with Crippen molar-refractivity contribution in [1.29, 1.82) is 0 Å². The Hall–Kier alpha value is -2.21. The molecule has 0 bridgehead atoms. The Kier molecular flexibility index (Phi) is 4.70. The van der Waals surface area contributed by atoms with E-state index in [0.717, 1.165) is 18.2 Å². The zero-order valence-electron chi connectivity index (χ0n) is 10.5. The van der Waals surface area contributed by atoms with Crippen LogP contribution in [0.5, 0.6) is 5.75 Å². The van der Waals surface area contributed by atoms with E-state index in [2.05, 4.69) is 5.32 Å². The highest BCUT2D eigenvalue weighted by Gasteiger charge is 2.12. The van der Waals surface area contributed by atoms with Gasteiger partial charge in [-0.25, -0.2) is 13.2 Å². The third-order valence-corrected chi connectivity index (χ3v) is 2.78. The quantitative estimate of drug-likeness (QED) is 0.932. The predicted octanol–water partition coefficient (Wildman–Crippen LogP) is 3.77. The second-order valence-corrected chi connectivity index (χ2v) is 4.42. The van der Waals surface area contributed by atoms with Gasteiger partial charge < -0.3 is 10.1 Å². The van der Waals surface area contributed by atoms with E-state index in [-0.39, 0.29) is 10.8 Å². The van der Waals surface area contributed by atoms with E-state index in [1.165, 1.54) is 18.2 Å². The average Bonchev–Trinajstić information content (AvgIpc) is 2.44. The van der Waals surface area contributed by atoms with E-state index in [1.54, 1.807) is 0 Å². The number of rotatable bonds is 4. The third-order valence-electron chi connectivity index (χ3n) is 2.49. The Balaban J connectivity index is 1.97. The molecule has 3 nitrogen and oxygen atoms in total. The summed E-state index contributed by atoms with van der Waals surface area (Å²) in [6.07, 6.45) is 0. The first-order valence-electron chi connectivity index (χ1n) is 5.79. The molecule has 0 radical (unpaired) electrons. The first-order chi connectivity index (χ1) is 9.97. The summed E-state index contributed by atoms with van der Waals surface area (Å²) in [6, 6.07) is 6.74. The summed E-state index contributed by atoms with van der Waals surface area (Å²) in [5.41, 5.74) is -0.553. The number of nitrogens with one attached hydrogen (secondary N) is 1. The largest absolute Gasteiger partial charge is 0.484 e. The van der Waals surface area contributed by atoms with Gasteiger partial charge in [-0.15, -0.1) is 0 Å². The molecule has 1 amide bonds. The monoisotopic (exact) mass is 315 g/mol. The van der Waals surface area contributed by atoms with Crippen molar-refractivity contribution in [3.8, 4) is 5.75 Å². The van der Waals surface area contributed by atoms with E-state index in [0.29, 0.717) is 0 Å². The van der Waals surface area contributed by atoms with Crippen molar-refractivity contribution < 1.29 is 22.7 Å². The van der Waals surface area contributed by atoms with Gasteiger partial charge >= 0.3 is 0 Å². The molecule has 0 spiro atoms. The Morgan fingerprint density at radius 1 is 1.10 bits per heavy atom. The van der Waals surface area contributed by atoms with Gasteiger partial charge in [0.1, 0.15) is 28.9 Å². The molecule has 0 fully saturated rings. The number of benzene rings is 2. The van der Waals surface area contributed by atoms with Crippen LogP contribution in [-0.4, -0.2) is 12.5 Å². The molecule has 2 aromatic rings. The number of hydrogen-bond acceptors (Lipinski definition) is 2. The van der Waals surface area contributed by atoms with E-state index >= 15 is 0 Å². The van der Waals surface area contributed by atoms with Crippen LogP contribution in [0.4, 0.5) is 18.9 Å². The summed E-state index contributed by atoms with van der Waals surface area (Å²) >= 11 is 5.55. The van der Waals surface area contributed by atoms with E-state index < -0.39 is 35.7 Å². The number of amides is 1. The van der Waals surface area contributed by atoms with Crippen LogP contribution >= 0.6 is 11.6 Å². The van der Waals surface area contributed by atoms with Crippen LogP contribution in [0.1, 0.15) is 0 Å². The fourth-order valence-corrected chi connectivity index (χ4v) is 1.68. The molecule has 0 saturated heterocycles. The number of halogens is 4. The highest BCUT2D eigenvalue weighted by molar-refractivity contribution is 6.30. The summed E-state index contributed by atoms with van der Waals surface area (Å²) in [5, 5.41) is 1.89. The van der Waals surface area contributed by atoms with Gasteiger partial charge in [-0.3, -0.25) is 4.79 Å². The zero-order chi connectivity index (χ0) is 15.4. The molecule has 0 aliphatic heterocycles. The minimum Gasteiger partial charge on any atom is -0.484 e. The van der Waals surface area contributed by atoms with E-state index in [4.69, 9.17) is 16.3 Å². The molecule has 0 atom stereocenters. The van der Waals surface area contributed by atoms with Crippen molar-refractivity contribution >= 4 is 23.2 Å². The molecule has 0 saturated carbocycles. The Morgan fingerprint density at radius 3 is 2.38 bits per heavy atom. The topological polar surface area (TPSA) is 38.3 Å². The molecule has 110 valence electrons. The van der Waals surface area contributed by atoms with E-state index in [1.807, 2.05) is 0 Å². The predicted molar refractivity (Wildman–Crippen MR) is 71.9 cm³/mol. The van der Waals surface area contributed by atoms with Crippen molar-refractivity contribution in [1.82, 2.24) is 0 Å². The third kappa shape index (κ3) is 3.88. The molecule has 0 unspecified atom stereocenters. The second kappa shape index (κ2) is 6.49. The molecule has 7 heteroatoms. The molecule has 1 N–H and O–H groups in total. The molecule has 0 heterocycles. The summed E-state index contributed by atoms with van der Waals surface area (Å²) in [6.45, 7) is -0.504. The average molecular weight is 316 g/mol.